The summed E-state index contributed by atoms with van der Waals surface area (Å²) < 4.78 is 0. The first-order valence-corrected chi connectivity index (χ1v) is 5.07. The highest BCUT2D eigenvalue weighted by molar-refractivity contribution is 5.81. The van der Waals surface area contributed by atoms with Crippen molar-refractivity contribution in [3.05, 3.63) is 0 Å². The molecule has 0 aliphatic carbocycles. The van der Waals surface area contributed by atoms with Gasteiger partial charge in [0.2, 0.25) is 5.91 Å². The number of likely N-dealkylation sites (N-methyl/N-ethyl adjacent to an activating group) is 1. The average molecular weight is 196 g/mol. The Morgan fingerprint density at radius 3 is 2.29 bits per heavy atom. The van der Waals surface area contributed by atoms with E-state index >= 15 is 0 Å². The lowest BCUT2D eigenvalue weighted by Crippen LogP contribution is -2.47. The van der Waals surface area contributed by atoms with E-state index in [4.69, 9.17) is 6.42 Å². The highest BCUT2D eigenvalue weighted by atomic mass is 16.2. The second-order valence-corrected chi connectivity index (χ2v) is 3.29. The van der Waals surface area contributed by atoms with Crippen molar-refractivity contribution in [2.24, 2.45) is 0 Å². The number of nitrogens with zero attached hydrogens (tertiary/aromatic N) is 1. The van der Waals surface area contributed by atoms with Gasteiger partial charge in [0.25, 0.3) is 0 Å². The van der Waals surface area contributed by atoms with Crippen LogP contribution in [0.3, 0.4) is 0 Å². The van der Waals surface area contributed by atoms with Crippen LogP contribution in [0, 0.1) is 12.3 Å². The van der Waals surface area contributed by atoms with E-state index in [1.54, 1.807) is 4.90 Å². The van der Waals surface area contributed by atoms with Gasteiger partial charge >= 0.3 is 0 Å². The van der Waals surface area contributed by atoms with Crippen molar-refractivity contribution >= 4 is 5.91 Å². The summed E-state index contributed by atoms with van der Waals surface area (Å²) in [7, 11) is 0. The molecule has 0 saturated heterocycles. The van der Waals surface area contributed by atoms with Crippen molar-refractivity contribution < 1.29 is 4.79 Å². The minimum Gasteiger partial charge on any atom is -0.342 e. The van der Waals surface area contributed by atoms with Gasteiger partial charge in [-0.15, -0.1) is 6.42 Å². The van der Waals surface area contributed by atoms with E-state index in [1.807, 2.05) is 27.7 Å². The van der Waals surface area contributed by atoms with Gasteiger partial charge in [-0.05, 0) is 27.7 Å². The summed E-state index contributed by atoms with van der Waals surface area (Å²) in [6, 6.07) is -0.273. The van der Waals surface area contributed by atoms with Crippen LogP contribution in [0.2, 0.25) is 0 Å². The third-order valence-corrected chi connectivity index (χ3v) is 2.20. The summed E-state index contributed by atoms with van der Waals surface area (Å²) in [4.78, 5) is 13.5. The molecule has 0 bridgehead atoms. The third-order valence-electron chi connectivity index (χ3n) is 2.20. The molecule has 0 saturated carbocycles. The second kappa shape index (κ2) is 6.44. The lowest BCUT2D eigenvalue weighted by atomic mass is 10.2. The lowest BCUT2D eigenvalue weighted by Gasteiger charge is -2.24. The summed E-state index contributed by atoms with van der Waals surface area (Å²) in [6.45, 7) is 9.13. The Morgan fingerprint density at radius 2 is 1.93 bits per heavy atom. The highest BCUT2D eigenvalue weighted by Gasteiger charge is 2.18. The number of terminal acetylenes is 1. The first-order chi connectivity index (χ1) is 6.56. The molecule has 2 atom stereocenters. The topological polar surface area (TPSA) is 32.3 Å². The number of amides is 1. The number of rotatable bonds is 5. The Balaban J connectivity index is 4.18. The molecule has 0 aliphatic heterocycles. The van der Waals surface area contributed by atoms with Gasteiger partial charge in [-0.3, -0.25) is 10.1 Å². The average Bonchev–Trinajstić information content (AvgIpc) is 2.19. The molecule has 0 aliphatic rings. The zero-order valence-corrected chi connectivity index (χ0v) is 9.50. The summed E-state index contributed by atoms with van der Waals surface area (Å²) >= 11 is 0. The summed E-state index contributed by atoms with van der Waals surface area (Å²) in [5, 5.41) is 3.05. The molecule has 0 radical (unpaired) electrons. The zero-order valence-electron chi connectivity index (χ0n) is 9.50. The predicted octanol–water partition coefficient (Wildman–Crippen LogP) is 0.855. The molecular weight excluding hydrogens is 176 g/mol. The maximum atomic E-state index is 11.8. The normalized spacial score (nSPS) is 14.2. The molecule has 3 nitrogen and oxygen atoms in total. The van der Waals surface area contributed by atoms with Gasteiger partial charge < -0.3 is 4.90 Å². The fraction of sp³-hybridized carbons (Fsp3) is 0.727. The third kappa shape index (κ3) is 3.80. The van der Waals surface area contributed by atoms with Gasteiger partial charge in [-0.25, -0.2) is 0 Å². The van der Waals surface area contributed by atoms with E-state index in [0.717, 1.165) is 13.1 Å². The standard InChI is InChI=1S/C11H20N2O/c1-6-9(4)12-10(5)11(14)13(7-2)8-3/h1,9-10,12H,7-8H2,2-5H3. The molecule has 0 aromatic rings. The van der Waals surface area contributed by atoms with E-state index in [1.165, 1.54) is 0 Å². The summed E-state index contributed by atoms with van der Waals surface area (Å²) in [6.07, 6.45) is 5.22. The van der Waals surface area contributed by atoms with Crippen LogP contribution in [0.4, 0.5) is 0 Å². The Hall–Kier alpha value is -1.01. The maximum Gasteiger partial charge on any atom is 0.239 e. The summed E-state index contributed by atoms with van der Waals surface area (Å²) in [5.74, 6) is 2.65. The minimum atomic E-state index is -0.207. The van der Waals surface area contributed by atoms with E-state index in [-0.39, 0.29) is 18.0 Å². The van der Waals surface area contributed by atoms with Crippen LogP contribution in [0.15, 0.2) is 0 Å². The van der Waals surface area contributed by atoms with Crippen molar-refractivity contribution in [2.45, 2.75) is 39.8 Å². The lowest BCUT2D eigenvalue weighted by molar-refractivity contribution is -0.132. The first-order valence-electron chi connectivity index (χ1n) is 5.07. The maximum absolute atomic E-state index is 11.8. The fourth-order valence-corrected chi connectivity index (χ4v) is 1.30. The van der Waals surface area contributed by atoms with Crippen LogP contribution in [0.25, 0.3) is 0 Å². The molecule has 0 aromatic heterocycles. The quantitative estimate of drug-likeness (QED) is 0.661. The van der Waals surface area contributed by atoms with Gasteiger partial charge in [0, 0.05) is 13.1 Å². The van der Waals surface area contributed by atoms with Crippen LogP contribution in [0.1, 0.15) is 27.7 Å². The monoisotopic (exact) mass is 196 g/mol. The van der Waals surface area contributed by atoms with Crippen molar-refractivity contribution in [1.82, 2.24) is 10.2 Å². The van der Waals surface area contributed by atoms with Crippen LogP contribution < -0.4 is 5.32 Å². The van der Waals surface area contributed by atoms with E-state index in [0.29, 0.717) is 0 Å². The van der Waals surface area contributed by atoms with Crippen LogP contribution in [-0.4, -0.2) is 36.0 Å². The molecule has 2 unspecified atom stereocenters. The number of nitrogens with one attached hydrogen (secondary N) is 1. The number of carbonyl (C=O) groups is 1. The van der Waals surface area contributed by atoms with Crippen molar-refractivity contribution in [3.8, 4) is 12.3 Å². The van der Waals surface area contributed by atoms with Crippen molar-refractivity contribution in [1.29, 1.82) is 0 Å². The Kier molecular flexibility index (Phi) is 5.98. The first kappa shape index (κ1) is 13.0. The number of hydrogen-bond acceptors (Lipinski definition) is 2. The minimum absolute atomic E-state index is 0.0653. The van der Waals surface area contributed by atoms with Crippen molar-refractivity contribution in [3.63, 3.8) is 0 Å². The number of carbonyl (C=O) groups excluding carboxylic acids is 1. The molecule has 1 N–H and O–H groups in total. The van der Waals surface area contributed by atoms with Gasteiger partial charge in [0.1, 0.15) is 0 Å². The Bertz CT molecular complexity index is 216. The Labute approximate surface area is 86.9 Å². The molecule has 0 fully saturated rings. The zero-order chi connectivity index (χ0) is 11.1. The van der Waals surface area contributed by atoms with Crippen molar-refractivity contribution in [2.75, 3.05) is 13.1 Å². The predicted molar refractivity (Wildman–Crippen MR) is 58.8 cm³/mol. The number of hydrogen-bond donors (Lipinski definition) is 1. The molecule has 0 heterocycles. The smallest absolute Gasteiger partial charge is 0.239 e. The molecule has 3 heteroatoms. The molecule has 80 valence electrons. The SMILES string of the molecule is C#CC(C)NC(C)C(=O)N(CC)CC. The van der Waals surface area contributed by atoms with Gasteiger partial charge in [0.15, 0.2) is 0 Å². The van der Waals surface area contributed by atoms with E-state index in [2.05, 4.69) is 11.2 Å². The van der Waals surface area contributed by atoms with Gasteiger partial charge in [0.05, 0.1) is 12.1 Å². The fourth-order valence-electron chi connectivity index (χ4n) is 1.30. The van der Waals surface area contributed by atoms with Crippen LogP contribution in [-0.2, 0) is 4.79 Å². The molecule has 0 aromatic carbocycles. The van der Waals surface area contributed by atoms with Crippen LogP contribution in [0.5, 0.6) is 0 Å². The van der Waals surface area contributed by atoms with E-state index < -0.39 is 0 Å². The molecule has 0 spiro atoms. The molecule has 0 rings (SSSR count). The van der Waals surface area contributed by atoms with Gasteiger partial charge in [-0.2, -0.15) is 0 Å². The molecule has 1 amide bonds. The molecular formula is C11H20N2O. The highest BCUT2D eigenvalue weighted by Crippen LogP contribution is 1.95. The Morgan fingerprint density at radius 1 is 1.43 bits per heavy atom. The molecule has 14 heavy (non-hydrogen) atoms. The second-order valence-electron chi connectivity index (χ2n) is 3.29. The summed E-state index contributed by atoms with van der Waals surface area (Å²) in [5.41, 5.74) is 0. The van der Waals surface area contributed by atoms with Crippen LogP contribution >= 0.6 is 0 Å². The van der Waals surface area contributed by atoms with Gasteiger partial charge in [-0.1, -0.05) is 5.92 Å². The largest absolute Gasteiger partial charge is 0.342 e. The van der Waals surface area contributed by atoms with E-state index in [9.17, 15) is 4.79 Å².